The van der Waals surface area contributed by atoms with E-state index in [1.165, 1.54) is 0 Å². The zero-order chi connectivity index (χ0) is 13.0. The first-order chi connectivity index (χ1) is 8.66. The van der Waals surface area contributed by atoms with Crippen molar-refractivity contribution in [3.63, 3.8) is 0 Å². The van der Waals surface area contributed by atoms with E-state index in [9.17, 15) is 0 Å². The van der Waals surface area contributed by atoms with E-state index in [4.69, 9.17) is 0 Å². The molecule has 0 amide bonds. The molecule has 2 aromatic heterocycles. The molecule has 0 aromatic carbocycles. The highest BCUT2D eigenvalue weighted by Crippen LogP contribution is 2.06. The maximum absolute atomic E-state index is 4.27. The van der Waals surface area contributed by atoms with E-state index in [1.54, 1.807) is 0 Å². The Morgan fingerprint density at radius 1 is 1.11 bits per heavy atom. The largest absolute Gasteiger partial charge is 0.347 e. The summed E-state index contributed by atoms with van der Waals surface area (Å²) in [5, 5.41) is 0. The Labute approximate surface area is 107 Å². The van der Waals surface area contributed by atoms with Crippen molar-refractivity contribution in [2.75, 3.05) is 19.0 Å². The van der Waals surface area contributed by atoms with Gasteiger partial charge < -0.3 is 4.90 Å². The van der Waals surface area contributed by atoms with Gasteiger partial charge >= 0.3 is 0 Å². The number of hydrogen-bond donors (Lipinski definition) is 0. The third-order valence-electron chi connectivity index (χ3n) is 2.60. The van der Waals surface area contributed by atoms with Crippen molar-refractivity contribution in [3.8, 4) is 0 Å². The quantitative estimate of drug-likeness (QED) is 0.764. The highest BCUT2D eigenvalue weighted by atomic mass is 15.2. The molecule has 18 heavy (non-hydrogen) atoms. The van der Waals surface area contributed by atoms with Crippen LogP contribution in [-0.2, 0) is 7.05 Å². The summed E-state index contributed by atoms with van der Waals surface area (Å²) in [6, 6.07) is 6.09. The summed E-state index contributed by atoms with van der Waals surface area (Å²) in [4.78, 5) is 10.4. The van der Waals surface area contributed by atoms with Crippen LogP contribution in [-0.4, -0.2) is 24.1 Å². The molecular formula is C14H17N4+. The first-order valence-corrected chi connectivity index (χ1v) is 5.79. The van der Waals surface area contributed by atoms with Crippen LogP contribution in [0.15, 0.2) is 36.8 Å². The smallest absolute Gasteiger partial charge is 0.224 e. The average molecular weight is 241 g/mol. The first-order valence-electron chi connectivity index (χ1n) is 5.79. The minimum atomic E-state index is 0.720. The molecule has 0 atom stereocenters. The molecule has 0 N–H and O–H groups in total. The normalized spacial score (nSPS) is 10.8. The van der Waals surface area contributed by atoms with E-state index >= 15 is 0 Å². The Hall–Kier alpha value is -2.23. The highest BCUT2D eigenvalue weighted by molar-refractivity contribution is 5.66. The van der Waals surface area contributed by atoms with Crippen LogP contribution in [0.5, 0.6) is 0 Å². The van der Waals surface area contributed by atoms with Crippen molar-refractivity contribution in [3.05, 3.63) is 48.0 Å². The van der Waals surface area contributed by atoms with E-state index in [1.807, 2.05) is 68.9 Å². The molecule has 0 aliphatic heterocycles. The van der Waals surface area contributed by atoms with E-state index in [-0.39, 0.29) is 0 Å². The molecule has 0 fully saturated rings. The second-order valence-electron chi connectivity index (χ2n) is 4.28. The molecule has 0 unspecified atom stereocenters. The predicted molar refractivity (Wildman–Crippen MR) is 72.9 cm³/mol. The Morgan fingerprint density at radius 2 is 1.83 bits per heavy atom. The van der Waals surface area contributed by atoms with Gasteiger partial charge in [-0.3, -0.25) is 0 Å². The lowest BCUT2D eigenvalue weighted by atomic mass is 10.2. The van der Waals surface area contributed by atoms with Crippen molar-refractivity contribution in [1.82, 2.24) is 9.97 Å². The van der Waals surface area contributed by atoms with Gasteiger partial charge in [0.25, 0.3) is 0 Å². The molecule has 0 saturated heterocycles. The molecule has 2 heterocycles. The van der Waals surface area contributed by atoms with Crippen molar-refractivity contribution in [2.24, 2.45) is 7.05 Å². The van der Waals surface area contributed by atoms with Gasteiger partial charge in [0.05, 0.1) is 0 Å². The number of pyridine rings is 1. The van der Waals surface area contributed by atoms with Crippen molar-refractivity contribution in [2.45, 2.75) is 0 Å². The summed E-state index contributed by atoms with van der Waals surface area (Å²) < 4.78 is 2.06. The van der Waals surface area contributed by atoms with Crippen molar-refractivity contribution >= 4 is 18.1 Å². The van der Waals surface area contributed by atoms with Gasteiger partial charge in [-0.1, -0.05) is 0 Å². The first kappa shape index (κ1) is 12.2. The topological polar surface area (TPSA) is 32.9 Å². The van der Waals surface area contributed by atoms with Gasteiger partial charge in [-0.15, -0.1) is 0 Å². The second kappa shape index (κ2) is 5.40. The third kappa shape index (κ3) is 2.91. The number of aryl methyl sites for hydroxylation is 1. The fourth-order valence-electron chi connectivity index (χ4n) is 1.54. The van der Waals surface area contributed by atoms with Crippen molar-refractivity contribution in [1.29, 1.82) is 0 Å². The molecule has 0 radical (unpaired) electrons. The molecule has 0 saturated carbocycles. The fraction of sp³-hybridized carbons (Fsp3) is 0.214. The molecule has 0 aliphatic carbocycles. The lowest BCUT2D eigenvalue weighted by Gasteiger charge is -2.08. The molecule has 0 bridgehead atoms. The summed E-state index contributed by atoms with van der Waals surface area (Å²) in [7, 11) is 5.87. The van der Waals surface area contributed by atoms with Crippen LogP contribution in [0.1, 0.15) is 11.3 Å². The third-order valence-corrected chi connectivity index (χ3v) is 2.60. The van der Waals surface area contributed by atoms with Gasteiger partial charge in [0, 0.05) is 50.3 Å². The number of rotatable bonds is 3. The van der Waals surface area contributed by atoms with Gasteiger partial charge in [0.2, 0.25) is 11.6 Å². The van der Waals surface area contributed by atoms with Gasteiger partial charge in [0.1, 0.15) is 7.05 Å². The Kier molecular flexibility index (Phi) is 3.67. The monoisotopic (exact) mass is 241 g/mol. The molecule has 2 rings (SSSR count). The molecule has 4 nitrogen and oxygen atoms in total. The summed E-state index contributed by atoms with van der Waals surface area (Å²) in [6.45, 7) is 0. The molecule has 2 aromatic rings. The number of nitrogens with zero attached hydrogens (tertiary/aromatic N) is 4. The van der Waals surface area contributed by atoms with Gasteiger partial charge in [-0.25, -0.2) is 14.5 Å². The Balaban J connectivity index is 2.17. The van der Waals surface area contributed by atoms with E-state index in [0.29, 0.717) is 0 Å². The molecular weight excluding hydrogens is 224 g/mol. The maximum Gasteiger partial charge on any atom is 0.224 e. The SMILES string of the molecule is CN(C)c1ncc(/C=C/c2cccc[n+]2C)cn1. The fourth-order valence-corrected chi connectivity index (χ4v) is 1.54. The van der Waals surface area contributed by atoms with Gasteiger partial charge in [-0.2, -0.15) is 0 Å². The molecule has 0 aliphatic rings. The van der Waals surface area contributed by atoms with E-state index in [0.717, 1.165) is 17.2 Å². The van der Waals surface area contributed by atoms with Gasteiger partial charge in [-0.05, 0) is 12.1 Å². The molecule has 4 heteroatoms. The van der Waals surface area contributed by atoms with Crippen molar-refractivity contribution < 1.29 is 4.57 Å². The summed E-state index contributed by atoms with van der Waals surface area (Å²) >= 11 is 0. The van der Waals surface area contributed by atoms with Crippen LogP contribution in [0.2, 0.25) is 0 Å². The number of hydrogen-bond acceptors (Lipinski definition) is 3. The molecule has 0 spiro atoms. The van der Waals surface area contributed by atoms with E-state index in [2.05, 4.69) is 20.6 Å². The lowest BCUT2D eigenvalue weighted by molar-refractivity contribution is -0.673. The van der Waals surface area contributed by atoms with Gasteiger partial charge in [0.15, 0.2) is 6.20 Å². The summed E-state index contributed by atoms with van der Waals surface area (Å²) in [6.07, 6.45) is 9.72. The highest BCUT2D eigenvalue weighted by Gasteiger charge is 2.00. The zero-order valence-electron chi connectivity index (χ0n) is 10.9. The predicted octanol–water partition coefficient (Wildman–Crippen LogP) is 1.54. The Morgan fingerprint density at radius 3 is 2.44 bits per heavy atom. The maximum atomic E-state index is 4.27. The van der Waals surface area contributed by atoms with Crippen LogP contribution >= 0.6 is 0 Å². The minimum Gasteiger partial charge on any atom is -0.347 e. The average Bonchev–Trinajstić information content (AvgIpc) is 2.38. The Bertz CT molecular complexity index is 544. The minimum absolute atomic E-state index is 0.720. The second-order valence-corrected chi connectivity index (χ2v) is 4.28. The standard InChI is InChI=1S/C14H17N4/c1-17(2)14-15-10-12(11-16-14)7-8-13-6-4-5-9-18(13)3/h4-11H,1-3H3/q+1. The lowest BCUT2D eigenvalue weighted by Crippen LogP contribution is -2.30. The zero-order valence-corrected chi connectivity index (χ0v) is 10.9. The van der Waals surface area contributed by atoms with Crippen LogP contribution < -0.4 is 9.47 Å². The van der Waals surface area contributed by atoms with Crippen LogP contribution in [0, 0.1) is 0 Å². The molecule has 92 valence electrons. The summed E-state index contributed by atoms with van der Waals surface area (Å²) in [5.74, 6) is 0.720. The number of anilines is 1. The van der Waals surface area contributed by atoms with E-state index < -0.39 is 0 Å². The van der Waals surface area contributed by atoms with Crippen LogP contribution in [0.25, 0.3) is 12.2 Å². The van der Waals surface area contributed by atoms with Crippen LogP contribution in [0.3, 0.4) is 0 Å². The summed E-state index contributed by atoms with van der Waals surface area (Å²) in [5.41, 5.74) is 2.12. The van der Waals surface area contributed by atoms with Crippen LogP contribution in [0.4, 0.5) is 5.95 Å². The number of aromatic nitrogens is 3.